The number of fused-ring (bicyclic) bond motifs is 1. The van der Waals surface area contributed by atoms with Crippen LogP contribution in [0.1, 0.15) is 11.3 Å². The number of benzene rings is 1. The first-order valence-corrected chi connectivity index (χ1v) is 7.57. The molecule has 0 bridgehead atoms. The van der Waals surface area contributed by atoms with Crippen LogP contribution >= 0.6 is 0 Å². The average molecular weight is 316 g/mol. The molecule has 1 aromatic carbocycles. The standard InChI is InChI=1S/C17H20N2O4/c1-19(12-17(20)18-10-14-3-2-6-21-14)11-13-4-5-15-16(9-13)23-8-7-22-15/h2-6,9H,7-8,10-12H2,1H3,(H,18,20). The monoisotopic (exact) mass is 316 g/mol. The molecule has 6 nitrogen and oxygen atoms in total. The Kier molecular flexibility index (Phi) is 4.83. The zero-order valence-electron chi connectivity index (χ0n) is 13.1. The first kappa shape index (κ1) is 15.4. The first-order valence-electron chi connectivity index (χ1n) is 7.57. The third-order valence-corrected chi connectivity index (χ3v) is 3.51. The molecule has 1 aliphatic rings. The summed E-state index contributed by atoms with van der Waals surface area (Å²) in [6, 6.07) is 9.50. The molecule has 0 unspecified atom stereocenters. The molecule has 0 saturated carbocycles. The summed E-state index contributed by atoms with van der Waals surface area (Å²) in [6.45, 7) is 2.53. The van der Waals surface area contributed by atoms with Crippen LogP contribution in [0.25, 0.3) is 0 Å². The quantitative estimate of drug-likeness (QED) is 0.880. The number of nitrogens with zero attached hydrogens (tertiary/aromatic N) is 1. The summed E-state index contributed by atoms with van der Waals surface area (Å²) in [4.78, 5) is 13.9. The van der Waals surface area contributed by atoms with E-state index in [0.29, 0.717) is 32.8 Å². The average Bonchev–Trinajstić information content (AvgIpc) is 3.06. The zero-order chi connectivity index (χ0) is 16.1. The van der Waals surface area contributed by atoms with E-state index in [-0.39, 0.29) is 5.91 Å². The molecule has 2 aromatic rings. The first-order chi connectivity index (χ1) is 11.2. The van der Waals surface area contributed by atoms with Gasteiger partial charge in [-0.3, -0.25) is 9.69 Å². The van der Waals surface area contributed by atoms with E-state index in [0.717, 1.165) is 22.8 Å². The van der Waals surface area contributed by atoms with Crippen molar-refractivity contribution in [2.75, 3.05) is 26.8 Å². The van der Waals surface area contributed by atoms with Gasteiger partial charge in [0.25, 0.3) is 0 Å². The van der Waals surface area contributed by atoms with Crippen LogP contribution in [0.2, 0.25) is 0 Å². The lowest BCUT2D eigenvalue weighted by atomic mass is 10.2. The van der Waals surface area contributed by atoms with Gasteiger partial charge in [0.15, 0.2) is 11.5 Å². The van der Waals surface area contributed by atoms with Gasteiger partial charge in [-0.15, -0.1) is 0 Å². The SMILES string of the molecule is CN(CC(=O)NCc1ccco1)Cc1ccc2c(c1)OCCO2. The van der Waals surface area contributed by atoms with Gasteiger partial charge in [-0.2, -0.15) is 0 Å². The van der Waals surface area contributed by atoms with Crippen LogP contribution in [0.3, 0.4) is 0 Å². The van der Waals surface area contributed by atoms with Crippen LogP contribution in [0, 0.1) is 0 Å². The van der Waals surface area contributed by atoms with Gasteiger partial charge in [0.1, 0.15) is 19.0 Å². The van der Waals surface area contributed by atoms with E-state index in [1.165, 1.54) is 0 Å². The van der Waals surface area contributed by atoms with Crippen molar-refractivity contribution in [3.63, 3.8) is 0 Å². The molecule has 0 saturated heterocycles. The third kappa shape index (κ3) is 4.26. The van der Waals surface area contributed by atoms with Crippen LogP contribution in [-0.2, 0) is 17.9 Å². The zero-order valence-corrected chi connectivity index (χ0v) is 13.1. The maximum Gasteiger partial charge on any atom is 0.234 e. The highest BCUT2D eigenvalue weighted by atomic mass is 16.6. The summed E-state index contributed by atoms with van der Waals surface area (Å²) in [5.74, 6) is 2.25. The molecule has 1 aromatic heterocycles. The Labute approximate surface area is 135 Å². The fourth-order valence-electron chi connectivity index (χ4n) is 2.45. The molecule has 0 radical (unpaired) electrons. The molecule has 3 rings (SSSR count). The Hall–Kier alpha value is -2.47. The Morgan fingerprint density at radius 2 is 2.04 bits per heavy atom. The van der Waals surface area contributed by atoms with Gasteiger partial charge in [-0.1, -0.05) is 6.07 Å². The van der Waals surface area contributed by atoms with Crippen molar-refractivity contribution >= 4 is 5.91 Å². The highest BCUT2D eigenvalue weighted by Crippen LogP contribution is 2.30. The maximum atomic E-state index is 11.9. The van der Waals surface area contributed by atoms with Crippen molar-refractivity contribution in [3.05, 3.63) is 47.9 Å². The molecular weight excluding hydrogens is 296 g/mol. The number of hydrogen-bond donors (Lipinski definition) is 1. The summed E-state index contributed by atoms with van der Waals surface area (Å²) >= 11 is 0. The number of carbonyl (C=O) groups excluding carboxylic acids is 1. The van der Waals surface area contributed by atoms with E-state index in [9.17, 15) is 4.79 Å². The van der Waals surface area contributed by atoms with Gasteiger partial charge in [-0.25, -0.2) is 0 Å². The molecule has 2 heterocycles. The van der Waals surface area contributed by atoms with Crippen LogP contribution < -0.4 is 14.8 Å². The fraction of sp³-hybridized carbons (Fsp3) is 0.353. The lowest BCUT2D eigenvalue weighted by Gasteiger charge is -2.20. The normalized spacial score (nSPS) is 13.1. The van der Waals surface area contributed by atoms with E-state index in [1.54, 1.807) is 12.3 Å². The minimum Gasteiger partial charge on any atom is -0.486 e. The van der Waals surface area contributed by atoms with Gasteiger partial charge in [0, 0.05) is 6.54 Å². The molecule has 0 atom stereocenters. The number of furan rings is 1. The fourth-order valence-corrected chi connectivity index (χ4v) is 2.45. The van der Waals surface area contributed by atoms with E-state index in [4.69, 9.17) is 13.9 Å². The Balaban J connectivity index is 1.48. The summed E-state index contributed by atoms with van der Waals surface area (Å²) < 4.78 is 16.3. The van der Waals surface area contributed by atoms with Gasteiger partial charge in [-0.05, 0) is 36.9 Å². The lowest BCUT2D eigenvalue weighted by molar-refractivity contribution is -0.122. The van der Waals surface area contributed by atoms with Crippen molar-refractivity contribution in [1.82, 2.24) is 10.2 Å². The van der Waals surface area contributed by atoms with E-state index < -0.39 is 0 Å². The predicted molar refractivity (Wildman–Crippen MR) is 84.3 cm³/mol. The number of ether oxygens (including phenoxy) is 2. The van der Waals surface area contributed by atoms with Crippen molar-refractivity contribution in [2.45, 2.75) is 13.1 Å². The minimum absolute atomic E-state index is 0.0403. The molecule has 6 heteroatoms. The summed E-state index contributed by atoms with van der Waals surface area (Å²) in [5.41, 5.74) is 1.08. The molecule has 1 N–H and O–H groups in total. The Bertz CT molecular complexity index is 655. The number of amides is 1. The molecule has 1 aliphatic heterocycles. The van der Waals surface area contributed by atoms with Crippen molar-refractivity contribution < 1.29 is 18.7 Å². The number of carbonyl (C=O) groups is 1. The number of hydrogen-bond acceptors (Lipinski definition) is 5. The third-order valence-electron chi connectivity index (χ3n) is 3.51. The second kappa shape index (κ2) is 7.19. The van der Waals surface area contributed by atoms with Crippen molar-refractivity contribution in [1.29, 1.82) is 0 Å². The second-order valence-electron chi connectivity index (χ2n) is 5.51. The van der Waals surface area contributed by atoms with Gasteiger partial charge >= 0.3 is 0 Å². The molecule has 1 amide bonds. The van der Waals surface area contributed by atoms with Crippen LogP contribution in [0.4, 0.5) is 0 Å². The minimum atomic E-state index is -0.0403. The number of likely N-dealkylation sites (N-methyl/N-ethyl adjacent to an activating group) is 1. The smallest absolute Gasteiger partial charge is 0.234 e. The highest BCUT2D eigenvalue weighted by Gasteiger charge is 2.13. The summed E-state index contributed by atoms with van der Waals surface area (Å²) in [7, 11) is 1.91. The predicted octanol–water partition coefficient (Wildman–Crippen LogP) is 1.80. The van der Waals surface area contributed by atoms with Crippen molar-refractivity contribution in [2.24, 2.45) is 0 Å². The number of rotatable bonds is 6. The molecule has 0 fully saturated rings. The Morgan fingerprint density at radius 3 is 2.83 bits per heavy atom. The van der Waals surface area contributed by atoms with E-state index in [1.807, 2.05) is 36.2 Å². The molecule has 0 aliphatic carbocycles. The van der Waals surface area contributed by atoms with Crippen LogP contribution in [0.5, 0.6) is 11.5 Å². The van der Waals surface area contributed by atoms with Gasteiger partial charge < -0.3 is 19.2 Å². The second-order valence-corrected chi connectivity index (χ2v) is 5.51. The molecule has 122 valence electrons. The van der Waals surface area contributed by atoms with Crippen LogP contribution in [-0.4, -0.2) is 37.6 Å². The van der Waals surface area contributed by atoms with Crippen molar-refractivity contribution in [3.8, 4) is 11.5 Å². The topological polar surface area (TPSA) is 63.9 Å². The Morgan fingerprint density at radius 1 is 1.22 bits per heavy atom. The van der Waals surface area contributed by atoms with Crippen LogP contribution in [0.15, 0.2) is 41.0 Å². The molecule has 23 heavy (non-hydrogen) atoms. The lowest BCUT2D eigenvalue weighted by Crippen LogP contribution is -2.34. The van der Waals surface area contributed by atoms with E-state index >= 15 is 0 Å². The molecule has 0 spiro atoms. The largest absolute Gasteiger partial charge is 0.486 e. The number of nitrogens with one attached hydrogen (secondary N) is 1. The summed E-state index contributed by atoms with van der Waals surface area (Å²) in [5, 5.41) is 2.83. The summed E-state index contributed by atoms with van der Waals surface area (Å²) in [6.07, 6.45) is 1.59. The maximum absolute atomic E-state index is 11.9. The highest BCUT2D eigenvalue weighted by molar-refractivity contribution is 5.77. The van der Waals surface area contributed by atoms with Gasteiger partial charge in [0.2, 0.25) is 5.91 Å². The van der Waals surface area contributed by atoms with Gasteiger partial charge in [0.05, 0.1) is 19.4 Å². The molecular formula is C17H20N2O4. The van der Waals surface area contributed by atoms with E-state index in [2.05, 4.69) is 5.32 Å².